The zero-order chi connectivity index (χ0) is 31.9. The van der Waals surface area contributed by atoms with E-state index in [0.29, 0.717) is 25.9 Å². The summed E-state index contributed by atoms with van der Waals surface area (Å²) in [6, 6.07) is 6.38. The Labute approximate surface area is 264 Å². The monoisotopic (exact) mass is 647 g/mol. The minimum absolute atomic E-state index is 0. The molecular formula is C31H55N2O10S-. The number of amides is 2. The molecule has 2 aliphatic heterocycles. The maximum atomic E-state index is 12.2. The maximum absolute atomic E-state index is 12.2. The maximum Gasteiger partial charge on any atom is 0.410 e. The summed E-state index contributed by atoms with van der Waals surface area (Å²) in [6.45, 7) is 13.7. The highest BCUT2D eigenvalue weighted by Crippen LogP contribution is 2.23. The molecule has 0 radical (unpaired) electrons. The van der Waals surface area contributed by atoms with Crippen LogP contribution in [0.1, 0.15) is 67.4 Å². The van der Waals surface area contributed by atoms with Gasteiger partial charge in [0.15, 0.2) is 0 Å². The fraction of sp³-hybridized carbons (Fsp3) is 0.710. The van der Waals surface area contributed by atoms with Crippen molar-refractivity contribution in [2.45, 2.75) is 97.0 Å². The van der Waals surface area contributed by atoms with Crippen molar-refractivity contribution in [3.8, 4) is 0 Å². The van der Waals surface area contributed by atoms with Crippen molar-refractivity contribution in [3.05, 3.63) is 37.3 Å². The second-order valence-electron chi connectivity index (χ2n) is 12.8. The highest BCUT2D eigenvalue weighted by Gasteiger charge is 2.34. The van der Waals surface area contributed by atoms with Crippen molar-refractivity contribution in [2.75, 3.05) is 39.4 Å². The number of rotatable bonds is 5. The molecule has 2 fully saturated rings. The summed E-state index contributed by atoms with van der Waals surface area (Å²) in [7, 11) is -3.87. The number of β-amino-alcohol motifs (C(OH)–C–C–N with tert-alkyl or cyclic N) is 2. The number of likely N-dealkylation sites (tertiary alicyclic amines) is 2. The van der Waals surface area contributed by atoms with Gasteiger partial charge in [0.1, 0.15) is 11.2 Å². The number of piperidine rings is 2. The fourth-order valence-corrected chi connectivity index (χ4v) is 5.26. The SMILES string of the molecule is C.CC(C)(C)OC(=O)N1CC[C@@H](CO)[C@H](O)C1.Cc1ccc(S(=O)(=O)OC[C@@H]2CCN(C(=O)OC(C)(C)C)C[C@H]2O)cc1.[CH3-]. The van der Waals surface area contributed by atoms with Gasteiger partial charge >= 0.3 is 12.2 Å². The van der Waals surface area contributed by atoms with E-state index >= 15 is 0 Å². The van der Waals surface area contributed by atoms with Crippen LogP contribution in [0.4, 0.5) is 9.59 Å². The van der Waals surface area contributed by atoms with Crippen molar-refractivity contribution in [1.82, 2.24) is 9.80 Å². The summed E-state index contributed by atoms with van der Waals surface area (Å²) in [5.74, 6) is -0.493. The van der Waals surface area contributed by atoms with Crippen LogP contribution < -0.4 is 0 Å². The van der Waals surface area contributed by atoms with Crippen LogP contribution >= 0.6 is 0 Å². The first-order valence-electron chi connectivity index (χ1n) is 14.2. The summed E-state index contributed by atoms with van der Waals surface area (Å²) in [5.41, 5.74) is -0.172. The van der Waals surface area contributed by atoms with E-state index in [9.17, 15) is 28.2 Å². The van der Waals surface area contributed by atoms with Crippen molar-refractivity contribution >= 4 is 22.3 Å². The lowest BCUT2D eigenvalue weighted by molar-refractivity contribution is -0.0234. The van der Waals surface area contributed by atoms with Gasteiger partial charge in [-0.15, -0.1) is 0 Å². The lowest BCUT2D eigenvalue weighted by Gasteiger charge is -2.36. The van der Waals surface area contributed by atoms with Gasteiger partial charge in [0, 0.05) is 31.5 Å². The van der Waals surface area contributed by atoms with Gasteiger partial charge in [-0.3, -0.25) is 4.18 Å². The second kappa shape index (κ2) is 17.3. The molecule has 0 spiro atoms. The summed E-state index contributed by atoms with van der Waals surface area (Å²) in [5, 5.41) is 28.9. The van der Waals surface area contributed by atoms with Crippen LogP contribution in [-0.2, 0) is 23.8 Å². The fourth-order valence-electron chi connectivity index (χ4n) is 4.30. The zero-order valence-electron chi connectivity index (χ0n) is 26.8. The number of aryl methyl sites for hydroxylation is 1. The van der Waals surface area contributed by atoms with Crippen LogP contribution in [0.2, 0.25) is 0 Å². The van der Waals surface area contributed by atoms with E-state index in [2.05, 4.69) is 0 Å². The Kier molecular flexibility index (Phi) is 16.3. The van der Waals surface area contributed by atoms with E-state index in [1.807, 2.05) is 27.7 Å². The van der Waals surface area contributed by atoms with E-state index in [4.69, 9.17) is 18.8 Å². The number of carbonyl (C=O) groups excluding carboxylic acids is 2. The molecule has 3 rings (SSSR count). The first-order chi connectivity index (χ1) is 19.3. The van der Waals surface area contributed by atoms with Crippen LogP contribution in [0.15, 0.2) is 29.2 Å². The Morgan fingerprint density at radius 3 is 1.61 bits per heavy atom. The third-order valence-corrected chi connectivity index (χ3v) is 8.02. The number of nitrogens with zero attached hydrogens (tertiary/aromatic N) is 2. The molecule has 13 heteroatoms. The Bertz CT molecular complexity index is 1130. The molecule has 1 aromatic carbocycles. The van der Waals surface area contributed by atoms with Crippen LogP contribution in [-0.4, -0.2) is 109 Å². The van der Waals surface area contributed by atoms with E-state index in [1.54, 1.807) is 32.9 Å². The van der Waals surface area contributed by atoms with E-state index < -0.39 is 45.7 Å². The smallest absolute Gasteiger partial charge is 0.410 e. The molecule has 256 valence electrons. The van der Waals surface area contributed by atoms with E-state index in [-0.39, 0.29) is 57.9 Å². The van der Waals surface area contributed by atoms with E-state index in [1.165, 1.54) is 21.9 Å². The summed E-state index contributed by atoms with van der Waals surface area (Å²) in [6.07, 6.45) is -1.37. The highest BCUT2D eigenvalue weighted by molar-refractivity contribution is 7.86. The van der Waals surface area contributed by atoms with Gasteiger partial charge in [0.25, 0.3) is 10.1 Å². The van der Waals surface area contributed by atoms with Crippen LogP contribution in [0.25, 0.3) is 0 Å². The second-order valence-corrected chi connectivity index (χ2v) is 14.4. The number of carbonyl (C=O) groups is 2. The first kappa shape index (κ1) is 41.5. The Morgan fingerprint density at radius 1 is 0.841 bits per heavy atom. The molecule has 0 unspecified atom stereocenters. The van der Waals surface area contributed by atoms with Crippen LogP contribution in [0, 0.1) is 26.2 Å². The molecule has 2 aliphatic rings. The summed E-state index contributed by atoms with van der Waals surface area (Å²) in [4.78, 5) is 26.8. The van der Waals surface area contributed by atoms with Gasteiger partial charge in [-0.1, -0.05) is 25.1 Å². The Balaban J connectivity index is 0.000000891. The summed E-state index contributed by atoms with van der Waals surface area (Å²) < 4.78 is 40.1. The molecule has 3 N–H and O–H groups in total. The van der Waals surface area contributed by atoms with E-state index in [0.717, 1.165) is 5.56 Å². The average Bonchev–Trinajstić information content (AvgIpc) is 2.86. The number of benzene rings is 1. The van der Waals surface area contributed by atoms with Gasteiger partial charge in [-0.05, 0) is 73.4 Å². The number of aliphatic hydroxyl groups excluding tert-OH is 3. The standard InChI is InChI=1S/C18H27NO6S.C11H21NO4.CH4.CH3/c1-13-5-7-15(8-6-13)26(22,23)24-12-14-9-10-19(11-16(14)20)17(21)25-18(2,3)4;1-11(2,3)16-10(15)12-5-4-8(7-13)9(14)6-12;;/h5-8,14,16,20H,9-12H2,1-4H3;8-9,13-14H,4-7H2,1-3H3;1H4;1H3/q;;;-1/t14-,16+;8-,9+;;/m00../s1. The minimum Gasteiger partial charge on any atom is -0.444 e. The van der Waals surface area contributed by atoms with Crippen molar-refractivity contribution in [3.63, 3.8) is 0 Å². The topological polar surface area (TPSA) is 163 Å². The molecule has 1 aromatic rings. The first-order valence-corrected chi connectivity index (χ1v) is 15.6. The quantitative estimate of drug-likeness (QED) is 0.314. The van der Waals surface area contributed by atoms with Crippen molar-refractivity contribution < 1.29 is 47.0 Å². The minimum atomic E-state index is -3.87. The largest absolute Gasteiger partial charge is 0.444 e. The highest BCUT2D eigenvalue weighted by atomic mass is 32.2. The third-order valence-electron chi connectivity index (χ3n) is 6.73. The van der Waals surface area contributed by atoms with Gasteiger partial charge in [0.05, 0.1) is 36.8 Å². The molecule has 0 aliphatic carbocycles. The van der Waals surface area contributed by atoms with Crippen molar-refractivity contribution in [1.29, 1.82) is 0 Å². The third kappa shape index (κ3) is 13.7. The molecule has 4 atom stereocenters. The predicted octanol–water partition coefficient (Wildman–Crippen LogP) is 4.00. The zero-order valence-corrected chi connectivity index (χ0v) is 27.6. The number of ether oxygens (including phenoxy) is 2. The predicted molar refractivity (Wildman–Crippen MR) is 168 cm³/mol. The van der Waals surface area contributed by atoms with Gasteiger partial charge in [-0.2, -0.15) is 8.42 Å². The normalized spacial score (nSPS) is 22.4. The Hall–Kier alpha value is -2.45. The molecule has 0 aromatic heterocycles. The number of hydrogen-bond acceptors (Lipinski definition) is 10. The lowest BCUT2D eigenvalue weighted by atomic mass is 9.95. The molecular weight excluding hydrogens is 592 g/mol. The lowest BCUT2D eigenvalue weighted by Crippen LogP contribution is -2.49. The molecule has 12 nitrogen and oxygen atoms in total. The van der Waals surface area contributed by atoms with Gasteiger partial charge < -0.3 is 42.0 Å². The van der Waals surface area contributed by atoms with Crippen LogP contribution in [0.5, 0.6) is 0 Å². The molecule has 2 amide bonds. The van der Waals surface area contributed by atoms with Crippen LogP contribution in [0.3, 0.4) is 0 Å². The molecule has 0 bridgehead atoms. The number of hydrogen-bond donors (Lipinski definition) is 3. The number of aliphatic hydroxyl groups is 3. The van der Waals surface area contributed by atoms with Crippen molar-refractivity contribution in [2.24, 2.45) is 11.8 Å². The summed E-state index contributed by atoms with van der Waals surface area (Å²) >= 11 is 0. The molecule has 2 saturated heterocycles. The van der Waals surface area contributed by atoms with Gasteiger partial charge in [0.2, 0.25) is 0 Å². The average molecular weight is 648 g/mol. The molecule has 44 heavy (non-hydrogen) atoms. The Morgan fingerprint density at radius 2 is 1.25 bits per heavy atom. The molecule has 2 heterocycles. The van der Waals surface area contributed by atoms with Gasteiger partial charge in [-0.25, -0.2) is 9.59 Å². The molecule has 0 saturated carbocycles.